The van der Waals surface area contributed by atoms with E-state index in [1.54, 1.807) is 11.3 Å². The number of hydrogen-bond donors (Lipinski definition) is 0. The topological polar surface area (TPSA) is 57.0 Å². The molecule has 1 aliphatic carbocycles. The van der Waals surface area contributed by atoms with Gasteiger partial charge >= 0.3 is 0 Å². The lowest BCUT2D eigenvalue weighted by atomic mass is 9.74. The molecule has 2 unspecified atom stereocenters. The number of aryl methyl sites for hydroxylation is 1. The fourth-order valence-corrected chi connectivity index (χ4v) is 6.08. The Kier molecular flexibility index (Phi) is 6.84. The zero-order valence-corrected chi connectivity index (χ0v) is 18.7. The normalized spacial score (nSPS) is 21.9. The lowest BCUT2D eigenvalue weighted by Crippen LogP contribution is -2.29. The summed E-state index contributed by atoms with van der Waals surface area (Å²) in [6, 6.07) is 11.1. The highest BCUT2D eigenvalue weighted by molar-refractivity contribution is 7.15. The molecule has 30 heavy (non-hydrogen) atoms. The maximum atomic E-state index is 12.8. The van der Waals surface area contributed by atoms with E-state index in [1.165, 1.54) is 35.4 Å². The summed E-state index contributed by atoms with van der Waals surface area (Å²) in [7, 11) is 0. The van der Waals surface area contributed by atoms with Gasteiger partial charge in [0.25, 0.3) is 0 Å². The van der Waals surface area contributed by atoms with Gasteiger partial charge in [-0.05, 0) is 56.7 Å². The Labute approximate surface area is 183 Å². The van der Waals surface area contributed by atoms with E-state index in [1.807, 2.05) is 0 Å². The van der Waals surface area contributed by atoms with E-state index in [2.05, 4.69) is 42.2 Å². The van der Waals surface area contributed by atoms with Crippen molar-refractivity contribution in [1.82, 2.24) is 4.98 Å². The first kappa shape index (κ1) is 21.1. The van der Waals surface area contributed by atoms with Gasteiger partial charge in [-0.3, -0.25) is 4.79 Å². The van der Waals surface area contributed by atoms with Crippen LogP contribution >= 0.6 is 11.3 Å². The minimum atomic E-state index is 0.0139. The molecule has 2 fully saturated rings. The van der Waals surface area contributed by atoms with Gasteiger partial charge in [0.05, 0.1) is 21.6 Å². The number of rotatable bonds is 6. The lowest BCUT2D eigenvalue weighted by Gasteiger charge is -2.30. The summed E-state index contributed by atoms with van der Waals surface area (Å²) < 4.78 is 0. The Morgan fingerprint density at radius 3 is 2.60 bits per heavy atom. The molecule has 2 aliphatic rings. The number of nitrogens with zero attached hydrogens (tertiary/aromatic N) is 3. The van der Waals surface area contributed by atoms with Gasteiger partial charge in [0, 0.05) is 43.5 Å². The Balaban J connectivity index is 1.60. The molecule has 1 aliphatic heterocycles. The molecule has 0 amide bonds. The van der Waals surface area contributed by atoms with Gasteiger partial charge in [0.1, 0.15) is 5.78 Å². The molecule has 1 saturated carbocycles. The van der Waals surface area contributed by atoms with Crippen molar-refractivity contribution >= 4 is 22.8 Å². The number of carbonyl (C=O) groups excluding carboxylic acids is 1. The van der Waals surface area contributed by atoms with E-state index in [4.69, 9.17) is 10.2 Å². The molecule has 2 atom stereocenters. The van der Waals surface area contributed by atoms with Gasteiger partial charge in [-0.1, -0.05) is 25.0 Å². The maximum Gasteiger partial charge on any atom is 0.137 e. The SMILES string of the molecule is Cc1nc(C2CCCCC2C(=O)CCC#N)c(-c2ccc(N3CCCCC3)cc2)s1. The summed E-state index contributed by atoms with van der Waals surface area (Å²) in [4.78, 5) is 21.5. The Hall–Kier alpha value is -2.19. The number of hydrogen-bond acceptors (Lipinski definition) is 5. The molecule has 1 aromatic heterocycles. The van der Waals surface area contributed by atoms with Gasteiger partial charge in [-0.2, -0.15) is 5.26 Å². The summed E-state index contributed by atoms with van der Waals surface area (Å²) in [5, 5.41) is 9.96. The van der Waals surface area contributed by atoms with E-state index in [9.17, 15) is 4.79 Å². The minimum Gasteiger partial charge on any atom is -0.372 e. The lowest BCUT2D eigenvalue weighted by molar-refractivity contribution is -0.124. The van der Waals surface area contributed by atoms with Crippen LogP contribution in [0.1, 0.15) is 74.4 Å². The van der Waals surface area contributed by atoms with Crippen molar-refractivity contribution in [3.8, 4) is 16.5 Å². The van der Waals surface area contributed by atoms with Crippen molar-refractivity contribution in [3.05, 3.63) is 35.0 Å². The zero-order chi connectivity index (χ0) is 20.9. The van der Waals surface area contributed by atoms with Crippen LogP contribution in [0.5, 0.6) is 0 Å². The third kappa shape index (κ3) is 4.59. The molecular weight excluding hydrogens is 390 g/mol. The molecule has 0 radical (unpaired) electrons. The highest BCUT2D eigenvalue weighted by Gasteiger charge is 2.34. The first-order valence-electron chi connectivity index (χ1n) is 11.4. The number of ketones is 1. The quantitative estimate of drug-likeness (QED) is 0.553. The molecule has 0 N–H and O–H groups in total. The minimum absolute atomic E-state index is 0.0139. The Bertz CT molecular complexity index is 905. The summed E-state index contributed by atoms with van der Waals surface area (Å²) in [5.41, 5.74) is 3.63. The van der Waals surface area contributed by atoms with Crippen LogP contribution in [0.3, 0.4) is 0 Å². The van der Waals surface area contributed by atoms with Crippen LogP contribution in [0.25, 0.3) is 10.4 Å². The summed E-state index contributed by atoms with van der Waals surface area (Å²) >= 11 is 1.75. The number of benzene rings is 1. The molecule has 4 nitrogen and oxygen atoms in total. The number of aromatic nitrogens is 1. The number of anilines is 1. The molecule has 158 valence electrons. The number of thiazole rings is 1. The van der Waals surface area contributed by atoms with Gasteiger partial charge in [-0.15, -0.1) is 11.3 Å². The van der Waals surface area contributed by atoms with Crippen molar-refractivity contribution in [3.63, 3.8) is 0 Å². The van der Waals surface area contributed by atoms with Crippen LogP contribution in [0.2, 0.25) is 0 Å². The van der Waals surface area contributed by atoms with Gasteiger partial charge in [-0.25, -0.2) is 4.98 Å². The van der Waals surface area contributed by atoms with Gasteiger partial charge < -0.3 is 4.90 Å². The molecular formula is C25H31N3OS. The number of nitriles is 1. The largest absolute Gasteiger partial charge is 0.372 e. The number of piperidine rings is 1. The number of Topliss-reactive ketones (excluding diaryl/α,β-unsaturated/α-hetero) is 1. The van der Waals surface area contributed by atoms with Crippen LogP contribution in [0, 0.1) is 24.2 Å². The highest BCUT2D eigenvalue weighted by Crippen LogP contribution is 2.44. The van der Waals surface area contributed by atoms with Crippen molar-refractivity contribution in [1.29, 1.82) is 5.26 Å². The molecule has 1 aromatic carbocycles. The monoisotopic (exact) mass is 421 g/mol. The average molecular weight is 422 g/mol. The summed E-state index contributed by atoms with van der Waals surface area (Å²) in [6.07, 6.45) is 8.80. The van der Waals surface area contributed by atoms with Crippen molar-refractivity contribution in [2.75, 3.05) is 18.0 Å². The third-order valence-corrected chi connectivity index (χ3v) is 7.66. The van der Waals surface area contributed by atoms with E-state index in [0.29, 0.717) is 12.8 Å². The van der Waals surface area contributed by atoms with Gasteiger partial charge in [0.15, 0.2) is 0 Å². The highest BCUT2D eigenvalue weighted by atomic mass is 32.1. The second-order valence-corrected chi connectivity index (χ2v) is 9.87. The smallest absolute Gasteiger partial charge is 0.137 e. The van der Waals surface area contributed by atoms with Crippen LogP contribution < -0.4 is 4.90 Å². The van der Waals surface area contributed by atoms with Crippen molar-refractivity contribution in [2.45, 2.75) is 70.6 Å². The Morgan fingerprint density at radius 2 is 1.87 bits per heavy atom. The number of carbonyl (C=O) groups is 1. The third-order valence-electron chi connectivity index (χ3n) is 6.62. The van der Waals surface area contributed by atoms with E-state index in [-0.39, 0.29) is 17.6 Å². The fourth-order valence-electron chi connectivity index (χ4n) is 5.09. The average Bonchev–Trinajstić information content (AvgIpc) is 3.19. The summed E-state index contributed by atoms with van der Waals surface area (Å²) in [6.45, 7) is 4.37. The predicted octanol–water partition coefficient (Wildman–Crippen LogP) is 6.26. The van der Waals surface area contributed by atoms with Crippen molar-refractivity contribution < 1.29 is 4.79 Å². The van der Waals surface area contributed by atoms with Crippen molar-refractivity contribution in [2.24, 2.45) is 5.92 Å². The Morgan fingerprint density at radius 1 is 1.13 bits per heavy atom. The van der Waals surface area contributed by atoms with E-state index in [0.717, 1.165) is 49.5 Å². The zero-order valence-electron chi connectivity index (χ0n) is 17.9. The van der Waals surface area contributed by atoms with Gasteiger partial charge in [0.2, 0.25) is 0 Å². The fraction of sp³-hybridized carbons (Fsp3) is 0.560. The van der Waals surface area contributed by atoms with Crippen LogP contribution in [0.4, 0.5) is 5.69 Å². The summed E-state index contributed by atoms with van der Waals surface area (Å²) in [5.74, 6) is 0.449. The molecule has 0 bridgehead atoms. The predicted molar refractivity (Wildman–Crippen MR) is 123 cm³/mol. The maximum absolute atomic E-state index is 12.8. The molecule has 2 heterocycles. The first-order chi connectivity index (χ1) is 14.7. The van der Waals surface area contributed by atoms with Crippen LogP contribution in [-0.2, 0) is 4.79 Å². The second-order valence-electron chi connectivity index (χ2n) is 8.66. The first-order valence-corrected chi connectivity index (χ1v) is 12.2. The standard InChI is InChI=1S/C25H31N3OS/c1-18-27-24(22-9-4-3-8-21(22)23(29)10-7-15-26)25(30-18)19-11-13-20(14-12-19)28-16-5-2-6-17-28/h11-14,21-22H,2-10,16-17H2,1H3. The van der Waals surface area contributed by atoms with E-state index < -0.39 is 0 Å². The molecule has 4 rings (SSSR count). The van der Waals surface area contributed by atoms with Crippen LogP contribution in [0.15, 0.2) is 24.3 Å². The molecule has 2 aromatic rings. The molecule has 1 saturated heterocycles. The molecule has 5 heteroatoms. The van der Waals surface area contributed by atoms with Crippen LogP contribution in [-0.4, -0.2) is 23.9 Å². The molecule has 0 spiro atoms. The van der Waals surface area contributed by atoms with E-state index >= 15 is 0 Å². The second kappa shape index (κ2) is 9.75.